The molecule has 1 rings (SSSR count). The number of nitro groups is 1. The molecule has 0 spiro atoms. The number of hydrogen-bond donors (Lipinski definition) is 1. The van der Waals surface area contributed by atoms with Crippen LogP contribution in [-0.4, -0.2) is 10.0 Å². The van der Waals surface area contributed by atoms with Crippen molar-refractivity contribution in [2.24, 2.45) is 0 Å². The van der Waals surface area contributed by atoms with Crippen LogP contribution in [0.4, 0.5) is 11.4 Å². The van der Waals surface area contributed by atoms with Crippen LogP contribution < -0.4 is 0 Å². The Morgan fingerprint density at radius 3 is 2.69 bits per heavy atom. The van der Waals surface area contributed by atoms with Crippen LogP contribution in [0.3, 0.4) is 0 Å². The van der Waals surface area contributed by atoms with E-state index < -0.39 is 16.4 Å². The predicted octanol–water partition coefficient (Wildman–Crippen LogP) is 2.50. The molecule has 0 aliphatic heterocycles. The highest BCUT2D eigenvalue weighted by molar-refractivity contribution is 6.34. The van der Waals surface area contributed by atoms with Gasteiger partial charge in [-0.1, -0.05) is 11.6 Å². The summed E-state index contributed by atoms with van der Waals surface area (Å²) < 4.78 is 0. The van der Waals surface area contributed by atoms with Gasteiger partial charge in [0.2, 0.25) is 0 Å². The van der Waals surface area contributed by atoms with Gasteiger partial charge < -0.3 is 5.11 Å². The first-order valence-corrected chi connectivity index (χ1v) is 3.48. The Kier molecular flexibility index (Phi) is 2.35. The van der Waals surface area contributed by atoms with Gasteiger partial charge in [0.25, 0.3) is 5.69 Å². The predicted molar refractivity (Wildman–Crippen MR) is 46.0 cm³/mol. The normalized spacial score (nSPS) is 9.23. The lowest BCUT2D eigenvalue weighted by molar-refractivity contribution is -0.384. The average molecular weight is 199 g/mol. The Hall–Kier alpha value is -1.80. The Bertz CT molecular complexity index is 411. The number of aromatic hydroxyl groups is 1. The van der Waals surface area contributed by atoms with Gasteiger partial charge in [0.05, 0.1) is 11.5 Å². The van der Waals surface area contributed by atoms with Crippen LogP contribution in [0.1, 0.15) is 0 Å². The molecule has 0 fully saturated rings. The van der Waals surface area contributed by atoms with Gasteiger partial charge in [-0.2, -0.15) is 0 Å². The highest BCUT2D eigenvalue weighted by atomic mass is 35.5. The Morgan fingerprint density at radius 1 is 1.62 bits per heavy atom. The third kappa shape index (κ3) is 1.68. The molecular formula is C7H3ClN2O3. The molecule has 0 aromatic heterocycles. The van der Waals surface area contributed by atoms with E-state index in [2.05, 4.69) is 4.85 Å². The fourth-order valence-corrected chi connectivity index (χ4v) is 0.955. The van der Waals surface area contributed by atoms with E-state index in [1.807, 2.05) is 0 Å². The number of nitrogens with zero attached hydrogens (tertiary/aromatic N) is 2. The van der Waals surface area contributed by atoms with E-state index in [-0.39, 0.29) is 10.7 Å². The number of phenolic OH excluding ortho intramolecular Hbond substituents is 1. The topological polar surface area (TPSA) is 67.7 Å². The summed E-state index contributed by atoms with van der Waals surface area (Å²) in [6, 6.07) is 2.08. The van der Waals surface area contributed by atoms with E-state index in [0.29, 0.717) is 0 Å². The zero-order valence-electron chi connectivity index (χ0n) is 6.19. The first-order valence-electron chi connectivity index (χ1n) is 3.10. The lowest BCUT2D eigenvalue weighted by atomic mass is 10.2. The lowest BCUT2D eigenvalue weighted by Gasteiger charge is -1.98. The number of hydrogen-bond acceptors (Lipinski definition) is 3. The second-order valence-electron chi connectivity index (χ2n) is 2.17. The largest absolute Gasteiger partial charge is 0.507 e. The third-order valence-electron chi connectivity index (χ3n) is 1.34. The maximum absolute atomic E-state index is 10.3. The zero-order chi connectivity index (χ0) is 10.0. The fraction of sp³-hybridized carbons (Fsp3) is 0. The van der Waals surface area contributed by atoms with Gasteiger partial charge in [0.15, 0.2) is 10.7 Å². The second kappa shape index (κ2) is 3.29. The van der Waals surface area contributed by atoms with Crippen LogP contribution in [-0.2, 0) is 0 Å². The van der Waals surface area contributed by atoms with Crippen LogP contribution >= 0.6 is 11.6 Å². The molecule has 0 saturated heterocycles. The van der Waals surface area contributed by atoms with Crippen molar-refractivity contribution in [3.63, 3.8) is 0 Å². The molecule has 0 saturated carbocycles. The number of rotatable bonds is 1. The molecule has 13 heavy (non-hydrogen) atoms. The quantitative estimate of drug-likeness (QED) is 0.428. The van der Waals surface area contributed by atoms with E-state index in [0.717, 1.165) is 12.1 Å². The van der Waals surface area contributed by atoms with Crippen molar-refractivity contribution in [1.29, 1.82) is 0 Å². The molecule has 5 nitrogen and oxygen atoms in total. The molecule has 1 N–H and O–H groups in total. The number of halogens is 1. The molecule has 1 aromatic rings. The summed E-state index contributed by atoms with van der Waals surface area (Å²) in [6.07, 6.45) is 0. The molecule has 0 aliphatic carbocycles. The van der Waals surface area contributed by atoms with Gasteiger partial charge in [-0.15, -0.1) is 0 Å². The molecule has 0 radical (unpaired) electrons. The van der Waals surface area contributed by atoms with Crippen LogP contribution in [0, 0.1) is 16.7 Å². The highest BCUT2D eigenvalue weighted by Crippen LogP contribution is 2.36. The van der Waals surface area contributed by atoms with Crippen LogP contribution in [0.15, 0.2) is 12.1 Å². The molecule has 0 unspecified atom stereocenters. The van der Waals surface area contributed by atoms with Gasteiger partial charge in [0.1, 0.15) is 5.75 Å². The van der Waals surface area contributed by atoms with Crippen molar-refractivity contribution >= 4 is 23.0 Å². The number of benzene rings is 1. The van der Waals surface area contributed by atoms with E-state index in [4.69, 9.17) is 23.3 Å². The van der Waals surface area contributed by atoms with E-state index >= 15 is 0 Å². The maximum Gasteiger partial charge on any atom is 0.281 e. The van der Waals surface area contributed by atoms with Crippen molar-refractivity contribution in [2.45, 2.75) is 0 Å². The second-order valence-corrected chi connectivity index (χ2v) is 2.54. The van der Waals surface area contributed by atoms with Gasteiger partial charge in [-0.25, -0.2) is 4.85 Å². The Labute approximate surface area is 78.1 Å². The number of phenols is 1. The molecule has 0 bridgehead atoms. The highest BCUT2D eigenvalue weighted by Gasteiger charge is 2.17. The Morgan fingerprint density at radius 2 is 2.23 bits per heavy atom. The summed E-state index contributed by atoms with van der Waals surface area (Å²) in [5.74, 6) is -0.457. The SMILES string of the molecule is [C-]#[N+]c1cc(O)c(Cl)c([N+](=O)[O-])c1. The van der Waals surface area contributed by atoms with Gasteiger partial charge in [-0.05, 0) is 6.07 Å². The van der Waals surface area contributed by atoms with Crippen LogP contribution in [0.25, 0.3) is 4.85 Å². The third-order valence-corrected chi connectivity index (χ3v) is 1.73. The average Bonchev–Trinajstić information content (AvgIpc) is 2.09. The first kappa shape index (κ1) is 9.29. The van der Waals surface area contributed by atoms with Crippen molar-refractivity contribution in [1.82, 2.24) is 0 Å². The maximum atomic E-state index is 10.3. The smallest absolute Gasteiger partial charge is 0.281 e. The summed E-state index contributed by atoms with van der Waals surface area (Å²) in [7, 11) is 0. The summed E-state index contributed by atoms with van der Waals surface area (Å²) in [5.41, 5.74) is -0.485. The van der Waals surface area contributed by atoms with Crippen molar-refractivity contribution in [3.05, 3.63) is 38.7 Å². The molecule has 0 amide bonds. The molecule has 1 aromatic carbocycles. The summed E-state index contributed by atoms with van der Waals surface area (Å²) in [5, 5.41) is 19.1. The minimum Gasteiger partial charge on any atom is -0.507 e. The monoisotopic (exact) mass is 198 g/mol. The molecular weight excluding hydrogens is 196 g/mol. The minimum absolute atomic E-state index is 0.0198. The van der Waals surface area contributed by atoms with Gasteiger partial charge in [-0.3, -0.25) is 10.1 Å². The fourth-order valence-electron chi connectivity index (χ4n) is 0.777. The summed E-state index contributed by atoms with van der Waals surface area (Å²) in [4.78, 5) is 12.5. The van der Waals surface area contributed by atoms with Gasteiger partial charge in [0, 0.05) is 6.07 Å². The summed E-state index contributed by atoms with van der Waals surface area (Å²) >= 11 is 5.42. The van der Waals surface area contributed by atoms with Crippen LogP contribution in [0.2, 0.25) is 5.02 Å². The van der Waals surface area contributed by atoms with E-state index in [1.165, 1.54) is 0 Å². The first-order chi connectivity index (χ1) is 6.06. The summed E-state index contributed by atoms with van der Waals surface area (Å²) in [6.45, 7) is 6.60. The van der Waals surface area contributed by atoms with Crippen molar-refractivity contribution in [3.8, 4) is 5.75 Å². The molecule has 0 atom stereocenters. The Balaban J connectivity index is 3.44. The minimum atomic E-state index is -0.753. The molecule has 66 valence electrons. The van der Waals surface area contributed by atoms with E-state index in [1.54, 1.807) is 0 Å². The molecule has 0 aliphatic rings. The van der Waals surface area contributed by atoms with Crippen LogP contribution in [0.5, 0.6) is 5.75 Å². The van der Waals surface area contributed by atoms with Crippen molar-refractivity contribution < 1.29 is 10.0 Å². The zero-order valence-corrected chi connectivity index (χ0v) is 6.95. The lowest BCUT2D eigenvalue weighted by Crippen LogP contribution is -1.88. The molecule has 6 heteroatoms. The van der Waals surface area contributed by atoms with Gasteiger partial charge >= 0.3 is 0 Å². The van der Waals surface area contributed by atoms with Crippen molar-refractivity contribution in [2.75, 3.05) is 0 Å². The molecule has 0 heterocycles. The standard InChI is InChI=1S/C7H3ClN2O3/c1-9-4-2-5(10(12)13)7(8)6(11)3-4/h2-3,11H. The van der Waals surface area contributed by atoms with E-state index in [9.17, 15) is 10.1 Å². The number of nitro benzene ring substituents is 1.